The van der Waals surface area contributed by atoms with Crippen molar-refractivity contribution in [2.75, 3.05) is 38.8 Å². The van der Waals surface area contributed by atoms with E-state index in [0.29, 0.717) is 85.2 Å². The molecule has 228 valence electrons. The molecular formula is C34H36N4O6. The second kappa shape index (κ2) is 11.2. The molecule has 5 heterocycles. The van der Waals surface area contributed by atoms with E-state index in [9.17, 15) is 19.2 Å². The standard InChI is InChI=1S/C34H36N4O6/c1-43-27-15-14-24-30(31(27)44-2)34(42)38-26-10-6-5-9-23(26)33(41)36(32(24)38)16-7-3-4-12-28(39)35-18-21-17-22(20-35)25-11-8-13-29(40)37(25)19-21/h5-6,8-11,13-15,21-22,32H,3-4,7,12,16-20H2,1-2H3/t21-,22+,32+/m1/s1. The van der Waals surface area contributed by atoms with E-state index in [2.05, 4.69) is 0 Å². The minimum atomic E-state index is -0.579. The third-order valence-electron chi connectivity index (χ3n) is 9.61. The summed E-state index contributed by atoms with van der Waals surface area (Å²) in [6, 6.07) is 16.3. The predicted molar refractivity (Wildman–Crippen MR) is 163 cm³/mol. The Morgan fingerprint density at radius 1 is 0.864 bits per heavy atom. The number of para-hydroxylation sites is 1. The topological polar surface area (TPSA) is 101 Å². The number of aromatic nitrogens is 1. The number of anilines is 1. The molecule has 3 aromatic rings. The number of piperidine rings is 1. The van der Waals surface area contributed by atoms with Crippen molar-refractivity contribution in [1.29, 1.82) is 0 Å². The summed E-state index contributed by atoms with van der Waals surface area (Å²) in [5, 5.41) is 0. The molecule has 10 nitrogen and oxygen atoms in total. The minimum absolute atomic E-state index is 0.0418. The van der Waals surface area contributed by atoms with Crippen LogP contribution in [0.4, 0.5) is 5.69 Å². The van der Waals surface area contributed by atoms with Gasteiger partial charge in [-0.05, 0) is 49.4 Å². The third kappa shape index (κ3) is 4.46. The van der Waals surface area contributed by atoms with Crippen molar-refractivity contribution >= 4 is 23.4 Å². The van der Waals surface area contributed by atoms with E-state index in [1.54, 1.807) is 28.0 Å². The van der Waals surface area contributed by atoms with Gasteiger partial charge in [0, 0.05) is 55.8 Å². The number of amides is 3. The molecule has 4 aliphatic heterocycles. The Morgan fingerprint density at radius 3 is 2.52 bits per heavy atom. The maximum absolute atomic E-state index is 13.8. The highest BCUT2D eigenvalue weighted by Crippen LogP contribution is 2.49. The van der Waals surface area contributed by atoms with E-state index in [4.69, 9.17) is 9.47 Å². The molecule has 10 heteroatoms. The molecule has 3 amide bonds. The molecule has 2 aromatic carbocycles. The summed E-state index contributed by atoms with van der Waals surface area (Å²) in [5.41, 5.74) is 3.29. The molecule has 3 atom stereocenters. The number of benzene rings is 2. The summed E-state index contributed by atoms with van der Waals surface area (Å²) in [6.45, 7) is 2.46. The van der Waals surface area contributed by atoms with Crippen molar-refractivity contribution in [2.45, 2.75) is 50.7 Å². The molecule has 7 rings (SSSR count). The average Bonchev–Trinajstić information content (AvgIpc) is 3.34. The average molecular weight is 597 g/mol. The Balaban J connectivity index is 1.02. The monoisotopic (exact) mass is 596 g/mol. The van der Waals surface area contributed by atoms with E-state index < -0.39 is 6.17 Å². The van der Waals surface area contributed by atoms with Gasteiger partial charge >= 0.3 is 0 Å². The number of nitrogens with zero attached hydrogens (tertiary/aromatic N) is 4. The summed E-state index contributed by atoms with van der Waals surface area (Å²) in [4.78, 5) is 58.6. The molecule has 0 radical (unpaired) electrons. The summed E-state index contributed by atoms with van der Waals surface area (Å²) < 4.78 is 12.9. The third-order valence-corrected chi connectivity index (χ3v) is 9.61. The zero-order valence-corrected chi connectivity index (χ0v) is 25.0. The SMILES string of the molecule is COc1ccc2c(c1OC)C(=O)N1c3ccccc3C(=O)N(CCCCCC(=O)N3C[C@H]4C[C@@H](C3)c3cccc(=O)n3C4)[C@H]21. The quantitative estimate of drug-likeness (QED) is 0.362. The molecule has 0 saturated carbocycles. The maximum atomic E-state index is 13.8. The van der Waals surface area contributed by atoms with Crippen molar-refractivity contribution in [3.05, 3.63) is 87.3 Å². The predicted octanol–water partition coefficient (Wildman–Crippen LogP) is 4.19. The van der Waals surface area contributed by atoms with Gasteiger partial charge in [-0.25, -0.2) is 0 Å². The fraction of sp³-hybridized carbons (Fsp3) is 0.412. The number of hydrogen-bond acceptors (Lipinski definition) is 6. The van der Waals surface area contributed by atoms with Crippen LogP contribution in [-0.2, 0) is 11.3 Å². The Kier molecular flexibility index (Phi) is 7.14. The summed E-state index contributed by atoms with van der Waals surface area (Å²) in [5.74, 6) is 1.14. The molecule has 0 unspecified atom stereocenters. The van der Waals surface area contributed by atoms with E-state index in [0.717, 1.165) is 18.5 Å². The van der Waals surface area contributed by atoms with Crippen LogP contribution in [-0.4, -0.2) is 65.9 Å². The second-order valence-corrected chi connectivity index (χ2v) is 12.1. The van der Waals surface area contributed by atoms with Gasteiger partial charge in [0.2, 0.25) is 5.91 Å². The van der Waals surface area contributed by atoms with E-state index >= 15 is 0 Å². The van der Waals surface area contributed by atoms with Crippen LogP contribution in [0.1, 0.15) is 76.2 Å². The van der Waals surface area contributed by atoms with Gasteiger partial charge in [-0.1, -0.05) is 30.7 Å². The molecule has 0 aliphatic carbocycles. The first-order valence-corrected chi connectivity index (χ1v) is 15.4. The van der Waals surface area contributed by atoms with Crippen molar-refractivity contribution in [3.8, 4) is 11.5 Å². The molecule has 0 spiro atoms. The fourth-order valence-electron chi connectivity index (χ4n) is 7.64. The number of carbonyl (C=O) groups is 3. The first-order valence-electron chi connectivity index (χ1n) is 15.4. The highest BCUT2D eigenvalue weighted by molar-refractivity contribution is 6.18. The molecule has 2 bridgehead atoms. The number of ether oxygens (including phenoxy) is 2. The van der Waals surface area contributed by atoms with Crippen molar-refractivity contribution in [2.24, 2.45) is 5.92 Å². The molecule has 44 heavy (non-hydrogen) atoms. The first kappa shape index (κ1) is 28.2. The Labute approximate surface area is 255 Å². The number of hydrogen-bond donors (Lipinski definition) is 0. The number of fused-ring (bicyclic) bond motifs is 9. The first-order chi connectivity index (χ1) is 21.4. The molecule has 1 aromatic heterocycles. The van der Waals surface area contributed by atoms with Crippen LogP contribution in [0.3, 0.4) is 0 Å². The number of pyridine rings is 1. The Morgan fingerprint density at radius 2 is 1.70 bits per heavy atom. The lowest BCUT2D eigenvalue weighted by atomic mass is 9.83. The number of unbranched alkanes of at least 4 members (excludes halogenated alkanes) is 2. The smallest absolute Gasteiger partial charge is 0.264 e. The Hall–Kier alpha value is -4.60. The second-order valence-electron chi connectivity index (χ2n) is 12.1. The van der Waals surface area contributed by atoms with Gasteiger partial charge in [-0.3, -0.25) is 24.1 Å². The summed E-state index contributed by atoms with van der Waals surface area (Å²) in [7, 11) is 3.04. The summed E-state index contributed by atoms with van der Waals surface area (Å²) in [6.07, 6.45) is 3.08. The normalized spacial score (nSPS) is 21.4. The lowest BCUT2D eigenvalue weighted by Gasteiger charge is -2.42. The number of rotatable bonds is 8. The lowest BCUT2D eigenvalue weighted by Crippen LogP contribution is -2.49. The van der Waals surface area contributed by atoms with Gasteiger partial charge < -0.3 is 23.8 Å². The van der Waals surface area contributed by atoms with Crippen LogP contribution in [0, 0.1) is 5.92 Å². The zero-order chi connectivity index (χ0) is 30.5. The van der Waals surface area contributed by atoms with Gasteiger partial charge in [0.1, 0.15) is 6.17 Å². The van der Waals surface area contributed by atoms with Crippen LogP contribution < -0.4 is 19.9 Å². The minimum Gasteiger partial charge on any atom is -0.493 e. The van der Waals surface area contributed by atoms with Crippen molar-refractivity contribution < 1.29 is 23.9 Å². The van der Waals surface area contributed by atoms with Crippen LogP contribution in [0.2, 0.25) is 0 Å². The number of carbonyl (C=O) groups excluding carboxylic acids is 3. The Bertz CT molecular complexity index is 1720. The molecule has 4 aliphatic rings. The van der Waals surface area contributed by atoms with Crippen LogP contribution in [0.15, 0.2) is 59.4 Å². The van der Waals surface area contributed by atoms with Crippen LogP contribution in [0.5, 0.6) is 11.5 Å². The molecule has 1 saturated heterocycles. The molecular weight excluding hydrogens is 560 g/mol. The zero-order valence-electron chi connectivity index (χ0n) is 25.0. The number of methoxy groups -OCH3 is 2. The largest absolute Gasteiger partial charge is 0.493 e. The highest BCUT2D eigenvalue weighted by Gasteiger charge is 2.49. The van der Waals surface area contributed by atoms with Gasteiger partial charge in [0.25, 0.3) is 17.4 Å². The van der Waals surface area contributed by atoms with Crippen LogP contribution >= 0.6 is 0 Å². The van der Waals surface area contributed by atoms with Crippen molar-refractivity contribution in [3.63, 3.8) is 0 Å². The van der Waals surface area contributed by atoms with Crippen LogP contribution in [0.25, 0.3) is 0 Å². The highest BCUT2D eigenvalue weighted by atomic mass is 16.5. The maximum Gasteiger partial charge on any atom is 0.264 e. The van der Waals surface area contributed by atoms with Crippen molar-refractivity contribution in [1.82, 2.24) is 14.4 Å². The van der Waals surface area contributed by atoms with E-state index in [-0.39, 0.29) is 29.2 Å². The van der Waals surface area contributed by atoms with E-state index in [1.165, 1.54) is 14.2 Å². The lowest BCUT2D eigenvalue weighted by molar-refractivity contribution is -0.134. The van der Waals surface area contributed by atoms with Gasteiger partial charge in [0.15, 0.2) is 11.5 Å². The molecule has 1 fully saturated rings. The molecule has 0 N–H and O–H groups in total. The number of likely N-dealkylation sites (tertiary alicyclic amines) is 1. The van der Waals surface area contributed by atoms with Gasteiger partial charge in [-0.2, -0.15) is 0 Å². The van der Waals surface area contributed by atoms with E-state index in [1.807, 2.05) is 45.9 Å². The fourth-order valence-corrected chi connectivity index (χ4v) is 7.64. The van der Waals surface area contributed by atoms with Gasteiger partial charge in [-0.15, -0.1) is 0 Å². The van der Waals surface area contributed by atoms with Gasteiger partial charge in [0.05, 0.1) is 31.0 Å². The summed E-state index contributed by atoms with van der Waals surface area (Å²) >= 11 is 0.